The number of rotatable bonds is 5. The van der Waals surface area contributed by atoms with Crippen molar-refractivity contribution in [1.82, 2.24) is 5.16 Å². The largest absolute Gasteiger partial charge is 0.507 e. The van der Waals surface area contributed by atoms with Gasteiger partial charge in [-0.25, -0.2) is 4.79 Å². The Bertz CT molecular complexity index is 737. The number of nitrogens with zero attached hydrogens (tertiary/aromatic N) is 2. The molecule has 0 atom stereocenters. The Labute approximate surface area is 123 Å². The van der Waals surface area contributed by atoms with Gasteiger partial charge in [0.1, 0.15) is 5.75 Å². The molecule has 0 saturated heterocycles. The Balaban J connectivity index is 1.99. The van der Waals surface area contributed by atoms with E-state index in [1.165, 1.54) is 12.1 Å². The quantitative estimate of drug-likeness (QED) is 0.445. The number of carbonyl (C=O) groups is 2. The van der Waals surface area contributed by atoms with E-state index in [2.05, 4.69) is 9.79 Å². The molecule has 2 rings (SSSR count). The predicted octanol–water partition coefficient (Wildman–Crippen LogP) is -0.131. The molecule has 0 bridgehead atoms. The molecular formula is C13H11N3O6. The first-order valence-electron chi connectivity index (χ1n) is 6.00. The molecule has 0 unspecified atom stereocenters. The minimum absolute atomic E-state index is 0.00598. The molecule has 0 radical (unpaired) electrons. The van der Waals surface area contributed by atoms with Crippen molar-refractivity contribution in [3.05, 3.63) is 52.5 Å². The van der Waals surface area contributed by atoms with Crippen LogP contribution in [0.15, 0.2) is 35.0 Å². The van der Waals surface area contributed by atoms with Gasteiger partial charge >= 0.3 is 5.97 Å². The van der Waals surface area contributed by atoms with Crippen LogP contribution in [0.1, 0.15) is 21.7 Å². The highest BCUT2D eigenvalue weighted by Gasteiger charge is 2.25. The lowest BCUT2D eigenvalue weighted by atomic mass is 10.2. The standard InChI is InChI=1S/C13H11N3O6/c14-13(19)12-9(15-22-16(12)20)7-21-11(18)6-5-8-3-1-2-4-10(8)17/h1-6,17H,7H2,(H2,14,19). The number of phenols is 1. The van der Waals surface area contributed by atoms with Crippen molar-refractivity contribution in [2.75, 3.05) is 0 Å². The molecule has 0 fully saturated rings. The Hall–Kier alpha value is -3.36. The summed E-state index contributed by atoms with van der Waals surface area (Å²) in [4.78, 5) is 22.4. The summed E-state index contributed by atoms with van der Waals surface area (Å²) in [5, 5.41) is 23.9. The number of ether oxygens (including phenoxy) is 1. The molecule has 9 heteroatoms. The summed E-state index contributed by atoms with van der Waals surface area (Å²) in [5.74, 6) is -1.81. The molecule has 1 aromatic carbocycles. The van der Waals surface area contributed by atoms with Gasteiger partial charge in [-0.1, -0.05) is 18.2 Å². The highest BCUT2D eigenvalue weighted by Crippen LogP contribution is 2.16. The van der Waals surface area contributed by atoms with Crippen LogP contribution in [-0.4, -0.2) is 22.1 Å². The van der Waals surface area contributed by atoms with E-state index in [1.54, 1.807) is 18.2 Å². The van der Waals surface area contributed by atoms with Gasteiger partial charge in [-0.3, -0.25) is 9.42 Å². The molecule has 1 aromatic heterocycles. The van der Waals surface area contributed by atoms with E-state index >= 15 is 0 Å². The van der Waals surface area contributed by atoms with Crippen LogP contribution in [0.3, 0.4) is 0 Å². The number of primary amides is 1. The molecule has 0 aliphatic rings. The zero-order valence-corrected chi connectivity index (χ0v) is 11.1. The molecule has 0 saturated carbocycles. The second-order valence-corrected chi connectivity index (χ2v) is 4.09. The number of esters is 1. The van der Waals surface area contributed by atoms with Crippen molar-refractivity contribution in [3.63, 3.8) is 0 Å². The summed E-state index contributed by atoms with van der Waals surface area (Å²) in [6.45, 7) is -0.457. The van der Waals surface area contributed by atoms with Crippen molar-refractivity contribution in [1.29, 1.82) is 0 Å². The normalized spacial score (nSPS) is 10.7. The lowest BCUT2D eigenvalue weighted by Crippen LogP contribution is -2.35. The first-order chi connectivity index (χ1) is 10.5. The van der Waals surface area contributed by atoms with Gasteiger partial charge < -0.3 is 20.8 Å². The summed E-state index contributed by atoms with van der Waals surface area (Å²) in [6, 6.07) is 6.39. The van der Waals surface area contributed by atoms with Crippen molar-refractivity contribution in [3.8, 4) is 5.75 Å². The van der Waals surface area contributed by atoms with E-state index in [4.69, 9.17) is 10.5 Å². The van der Waals surface area contributed by atoms with Crippen LogP contribution in [0.2, 0.25) is 0 Å². The van der Waals surface area contributed by atoms with Crippen LogP contribution in [0.4, 0.5) is 0 Å². The molecule has 3 N–H and O–H groups in total. The molecule has 1 heterocycles. The van der Waals surface area contributed by atoms with Crippen molar-refractivity contribution in [2.24, 2.45) is 5.73 Å². The van der Waals surface area contributed by atoms with Crippen LogP contribution >= 0.6 is 0 Å². The van der Waals surface area contributed by atoms with Crippen molar-refractivity contribution in [2.45, 2.75) is 6.61 Å². The molecule has 22 heavy (non-hydrogen) atoms. The van der Waals surface area contributed by atoms with Gasteiger partial charge in [0.2, 0.25) is 0 Å². The third-order valence-corrected chi connectivity index (χ3v) is 2.60. The molecule has 0 spiro atoms. The number of nitrogens with two attached hydrogens (primary N) is 1. The maximum absolute atomic E-state index is 11.5. The monoisotopic (exact) mass is 305 g/mol. The lowest BCUT2D eigenvalue weighted by Gasteiger charge is -1.98. The Kier molecular flexibility index (Phi) is 4.37. The number of para-hydroxylation sites is 1. The first kappa shape index (κ1) is 15.0. The predicted molar refractivity (Wildman–Crippen MR) is 70.9 cm³/mol. The van der Waals surface area contributed by atoms with E-state index in [0.717, 1.165) is 6.08 Å². The summed E-state index contributed by atoms with van der Waals surface area (Å²) in [5.41, 5.74) is 4.68. The van der Waals surface area contributed by atoms with Crippen LogP contribution in [0.5, 0.6) is 5.75 Å². The fraction of sp³-hybridized carbons (Fsp3) is 0.0769. The maximum atomic E-state index is 11.5. The second kappa shape index (κ2) is 6.39. The number of hydrogen-bond acceptors (Lipinski definition) is 7. The Morgan fingerprint density at radius 1 is 1.45 bits per heavy atom. The molecule has 1 amide bonds. The SMILES string of the molecule is NC(=O)c1c(COC(=O)C=Cc2ccccc2O)no[n+]1[O-]. The van der Waals surface area contributed by atoms with E-state index in [1.807, 2.05) is 0 Å². The Morgan fingerprint density at radius 2 is 2.18 bits per heavy atom. The number of phenolic OH excluding ortho intramolecular Hbond substituents is 1. The van der Waals surface area contributed by atoms with E-state index in [-0.39, 0.29) is 16.3 Å². The van der Waals surface area contributed by atoms with Crippen molar-refractivity contribution >= 4 is 18.0 Å². The highest BCUT2D eigenvalue weighted by molar-refractivity contribution is 5.90. The van der Waals surface area contributed by atoms with Gasteiger partial charge in [0, 0.05) is 16.8 Å². The molecule has 0 aliphatic carbocycles. The van der Waals surface area contributed by atoms with Crippen LogP contribution in [0.25, 0.3) is 6.08 Å². The third kappa shape index (κ3) is 3.39. The topological polar surface area (TPSA) is 143 Å². The third-order valence-electron chi connectivity index (χ3n) is 2.60. The Morgan fingerprint density at radius 3 is 2.86 bits per heavy atom. The summed E-state index contributed by atoms with van der Waals surface area (Å²) >= 11 is 0. The molecule has 9 nitrogen and oxygen atoms in total. The van der Waals surface area contributed by atoms with Gasteiger partial charge in [-0.15, -0.1) is 0 Å². The lowest BCUT2D eigenvalue weighted by molar-refractivity contribution is -0.803. The summed E-state index contributed by atoms with van der Waals surface area (Å²) in [6.07, 6.45) is 2.42. The number of hydrogen-bond donors (Lipinski definition) is 2. The minimum Gasteiger partial charge on any atom is -0.507 e. The van der Waals surface area contributed by atoms with E-state index in [0.29, 0.717) is 5.56 Å². The zero-order chi connectivity index (χ0) is 16.1. The van der Waals surface area contributed by atoms with Crippen LogP contribution < -0.4 is 10.6 Å². The molecule has 114 valence electrons. The average Bonchev–Trinajstić information content (AvgIpc) is 2.85. The fourth-order valence-corrected chi connectivity index (χ4v) is 1.58. The molecular weight excluding hydrogens is 294 g/mol. The van der Waals surface area contributed by atoms with Crippen LogP contribution in [-0.2, 0) is 16.1 Å². The zero-order valence-electron chi connectivity index (χ0n) is 11.1. The highest BCUT2D eigenvalue weighted by atomic mass is 16.8. The van der Waals surface area contributed by atoms with E-state index in [9.17, 15) is 19.9 Å². The van der Waals surface area contributed by atoms with Gasteiger partial charge in [0.15, 0.2) is 6.61 Å². The molecule has 0 aliphatic heterocycles. The summed E-state index contributed by atoms with van der Waals surface area (Å²) < 4.78 is 9.01. The van der Waals surface area contributed by atoms with Crippen molar-refractivity contribution < 1.29 is 29.0 Å². The van der Waals surface area contributed by atoms with E-state index < -0.39 is 24.2 Å². The second-order valence-electron chi connectivity index (χ2n) is 4.09. The number of aromatic hydroxyl groups is 1. The summed E-state index contributed by atoms with van der Waals surface area (Å²) in [7, 11) is 0. The average molecular weight is 305 g/mol. The maximum Gasteiger partial charge on any atom is 0.331 e. The van der Waals surface area contributed by atoms with Crippen LogP contribution in [0, 0.1) is 5.21 Å². The van der Waals surface area contributed by atoms with Gasteiger partial charge in [-0.2, -0.15) is 0 Å². The van der Waals surface area contributed by atoms with Gasteiger partial charge in [0.05, 0.1) is 0 Å². The molecule has 2 aromatic rings. The van der Waals surface area contributed by atoms with Gasteiger partial charge in [0.25, 0.3) is 17.3 Å². The first-order valence-corrected chi connectivity index (χ1v) is 6.00. The smallest absolute Gasteiger partial charge is 0.331 e. The number of aromatic nitrogens is 2. The number of amides is 1. The fourth-order valence-electron chi connectivity index (χ4n) is 1.58. The van der Waals surface area contributed by atoms with Gasteiger partial charge in [-0.05, 0) is 17.0 Å². The number of carbonyl (C=O) groups excluding carboxylic acids is 2. The minimum atomic E-state index is -1.05. The number of benzene rings is 1.